The van der Waals surface area contributed by atoms with Gasteiger partial charge in [-0.3, -0.25) is 9.59 Å². The van der Waals surface area contributed by atoms with Gasteiger partial charge in [0.15, 0.2) is 0 Å². The summed E-state index contributed by atoms with van der Waals surface area (Å²) in [4.78, 5) is 47.6. The van der Waals surface area contributed by atoms with E-state index in [0.717, 1.165) is 17.0 Å². The zero-order valence-electron chi connectivity index (χ0n) is 19.7. The maximum atomic E-state index is 13.9. The number of nitrogens with zero attached hydrogens (tertiary/aromatic N) is 4. The fourth-order valence-corrected chi connectivity index (χ4v) is 5.16. The maximum Gasteiger partial charge on any atom is 0.573 e. The molecule has 0 aliphatic carbocycles. The Morgan fingerprint density at radius 2 is 1.81 bits per heavy atom. The Morgan fingerprint density at radius 1 is 1.19 bits per heavy atom. The minimum Gasteiger partial charge on any atom is -0.406 e. The number of anilines is 1. The van der Waals surface area contributed by atoms with E-state index in [0.29, 0.717) is 5.56 Å². The number of hydrogen-bond donors (Lipinski definition) is 1. The van der Waals surface area contributed by atoms with Gasteiger partial charge in [-0.25, -0.2) is 14.7 Å². The molecule has 0 saturated carbocycles. The fraction of sp³-hybridized carbons (Fsp3) is 0.391. The van der Waals surface area contributed by atoms with Crippen LogP contribution >= 0.6 is 23.2 Å². The predicted molar refractivity (Wildman–Crippen MR) is 129 cm³/mol. The minimum atomic E-state index is -4.85. The average Bonchev–Trinajstić information content (AvgIpc) is 3.19. The Morgan fingerprint density at radius 3 is 2.38 bits per heavy atom. The van der Waals surface area contributed by atoms with Crippen LogP contribution in [0.15, 0.2) is 36.4 Å². The van der Waals surface area contributed by atoms with Gasteiger partial charge in [-0.05, 0) is 43.9 Å². The van der Waals surface area contributed by atoms with Crippen LogP contribution in [0.2, 0.25) is 10.3 Å². The third kappa shape index (κ3) is 5.76. The van der Waals surface area contributed by atoms with Gasteiger partial charge < -0.3 is 19.9 Å². The Labute approximate surface area is 220 Å². The molecule has 4 rings (SSSR count). The maximum absolute atomic E-state index is 13.9. The van der Waals surface area contributed by atoms with Crippen LogP contribution in [0.25, 0.3) is 0 Å². The summed E-state index contributed by atoms with van der Waals surface area (Å²) in [5, 5.41) is 2.82. The van der Waals surface area contributed by atoms with Crippen molar-refractivity contribution in [2.75, 3.05) is 32.1 Å². The molecular weight excluding hydrogens is 538 g/mol. The first kappa shape index (κ1) is 27.0. The number of alkyl halides is 3. The van der Waals surface area contributed by atoms with Crippen molar-refractivity contribution in [3.8, 4) is 5.75 Å². The second-order valence-electron chi connectivity index (χ2n) is 9.11. The highest BCUT2D eigenvalue weighted by molar-refractivity contribution is 6.33. The normalized spacial score (nSPS) is 21.6. The van der Waals surface area contributed by atoms with Gasteiger partial charge >= 0.3 is 12.4 Å². The van der Waals surface area contributed by atoms with Crippen molar-refractivity contribution in [3.05, 3.63) is 52.3 Å². The molecule has 2 aromatic rings. The number of aromatic nitrogens is 1. The summed E-state index contributed by atoms with van der Waals surface area (Å²) in [6, 6.07) is 6.58. The summed E-state index contributed by atoms with van der Waals surface area (Å²) in [6.07, 6.45) is -4.75. The third-order valence-corrected chi connectivity index (χ3v) is 6.40. The molecule has 4 amide bonds. The molecule has 0 bridgehead atoms. The third-order valence-electron chi connectivity index (χ3n) is 6.01. The van der Waals surface area contributed by atoms with Crippen molar-refractivity contribution in [3.63, 3.8) is 0 Å². The van der Waals surface area contributed by atoms with Crippen molar-refractivity contribution >= 4 is 46.7 Å². The van der Waals surface area contributed by atoms with Crippen LogP contribution in [0.1, 0.15) is 12.0 Å². The zero-order valence-corrected chi connectivity index (χ0v) is 21.2. The Bertz CT molecular complexity index is 1210. The molecule has 2 saturated heterocycles. The van der Waals surface area contributed by atoms with E-state index in [1.54, 1.807) is 19.0 Å². The average molecular weight is 560 g/mol. The van der Waals surface area contributed by atoms with Crippen molar-refractivity contribution < 1.29 is 32.3 Å². The van der Waals surface area contributed by atoms with Crippen LogP contribution < -0.4 is 15.0 Å². The number of rotatable bonds is 7. The van der Waals surface area contributed by atoms with Crippen LogP contribution in [-0.4, -0.2) is 77.8 Å². The number of ether oxygens (including phenoxy) is 1. The van der Waals surface area contributed by atoms with Gasteiger partial charge in [0, 0.05) is 25.4 Å². The number of carbonyl (C=O) groups excluding carboxylic acids is 3. The molecule has 1 N–H and O–H groups in total. The summed E-state index contributed by atoms with van der Waals surface area (Å²) in [5.41, 5.74) is -0.772. The quantitative estimate of drug-likeness (QED) is 0.412. The number of carbonyl (C=O) groups is 3. The minimum absolute atomic E-state index is 0.00697. The van der Waals surface area contributed by atoms with Crippen molar-refractivity contribution in [1.29, 1.82) is 0 Å². The number of urea groups is 1. The van der Waals surface area contributed by atoms with Gasteiger partial charge in [0.1, 0.15) is 21.6 Å². The molecule has 1 aromatic heterocycles. The Kier molecular flexibility index (Phi) is 7.28. The highest BCUT2D eigenvalue weighted by Gasteiger charge is 2.62. The van der Waals surface area contributed by atoms with Crippen LogP contribution in [0, 0.1) is 0 Å². The lowest BCUT2D eigenvalue weighted by Gasteiger charge is -2.28. The molecule has 198 valence electrons. The van der Waals surface area contributed by atoms with E-state index in [9.17, 15) is 27.6 Å². The lowest BCUT2D eigenvalue weighted by molar-refractivity contribution is -0.274. The molecule has 2 aliphatic rings. The van der Waals surface area contributed by atoms with Gasteiger partial charge in [0.05, 0.1) is 12.2 Å². The molecule has 3 heterocycles. The molecule has 2 fully saturated rings. The summed E-state index contributed by atoms with van der Waals surface area (Å²) in [7, 11) is 3.46. The molecular formula is C23H22Cl2F3N5O4. The molecule has 2 atom stereocenters. The fourth-order valence-electron chi connectivity index (χ4n) is 4.71. The second-order valence-corrected chi connectivity index (χ2v) is 9.89. The Balaban J connectivity index is 1.66. The van der Waals surface area contributed by atoms with E-state index in [1.165, 1.54) is 29.2 Å². The van der Waals surface area contributed by atoms with E-state index >= 15 is 0 Å². The number of amides is 4. The van der Waals surface area contributed by atoms with Gasteiger partial charge in [-0.2, -0.15) is 0 Å². The molecule has 0 radical (unpaired) electrons. The molecule has 2 aliphatic heterocycles. The van der Waals surface area contributed by atoms with Gasteiger partial charge in [0.25, 0.3) is 5.91 Å². The van der Waals surface area contributed by atoms with E-state index in [-0.39, 0.29) is 47.8 Å². The largest absolute Gasteiger partial charge is 0.573 e. The van der Waals surface area contributed by atoms with Gasteiger partial charge in [-0.1, -0.05) is 35.3 Å². The van der Waals surface area contributed by atoms with Crippen molar-refractivity contribution in [2.45, 2.75) is 30.8 Å². The van der Waals surface area contributed by atoms with Crippen molar-refractivity contribution in [1.82, 2.24) is 20.1 Å². The first-order chi connectivity index (χ1) is 17.3. The van der Waals surface area contributed by atoms with Crippen LogP contribution in [0.5, 0.6) is 5.75 Å². The lowest BCUT2D eigenvalue weighted by Crippen LogP contribution is -2.47. The number of halogens is 5. The SMILES string of the molecule is CN(C)CC(=O)N[C@@H]1CN2C(=O)N(c3cc(Cl)nc(Cl)c3)C(=O)[C@@]2(Cc2ccc(OC(F)(F)F)cc2)C1. The molecule has 9 nitrogen and oxygen atoms in total. The number of hydrogen-bond acceptors (Lipinski definition) is 6. The van der Waals surface area contributed by atoms with E-state index in [1.807, 2.05) is 0 Å². The number of benzene rings is 1. The monoisotopic (exact) mass is 559 g/mol. The zero-order chi connectivity index (χ0) is 27.1. The van der Waals surface area contributed by atoms with E-state index < -0.39 is 35.6 Å². The number of nitrogens with one attached hydrogen (secondary N) is 1. The molecule has 0 spiro atoms. The summed E-state index contributed by atoms with van der Waals surface area (Å²) in [5.74, 6) is -1.26. The number of fused-ring (bicyclic) bond motifs is 1. The first-order valence-corrected chi connectivity index (χ1v) is 11.8. The van der Waals surface area contributed by atoms with Crippen LogP contribution in [0.4, 0.5) is 23.7 Å². The first-order valence-electron chi connectivity index (χ1n) is 11.1. The predicted octanol–water partition coefficient (Wildman–Crippen LogP) is 3.49. The van der Waals surface area contributed by atoms with Crippen molar-refractivity contribution in [2.24, 2.45) is 0 Å². The molecule has 14 heteroatoms. The topological polar surface area (TPSA) is 95.1 Å². The molecule has 1 aromatic carbocycles. The summed E-state index contributed by atoms with van der Waals surface area (Å²) >= 11 is 12.0. The number of likely N-dealkylation sites (N-methyl/N-ethyl adjacent to an activating group) is 1. The molecule has 0 unspecified atom stereocenters. The van der Waals surface area contributed by atoms with Crippen LogP contribution in [-0.2, 0) is 16.0 Å². The molecule has 37 heavy (non-hydrogen) atoms. The second kappa shape index (κ2) is 9.99. The number of pyridine rings is 1. The number of imide groups is 1. The lowest BCUT2D eigenvalue weighted by atomic mass is 9.87. The highest BCUT2D eigenvalue weighted by Crippen LogP contribution is 2.43. The van der Waals surface area contributed by atoms with E-state index in [4.69, 9.17) is 23.2 Å². The standard InChI is InChI=1S/C23H22Cl2F3N5O4/c1-31(2)12-19(34)29-14-10-22(9-13-3-5-16(6-4-13)37-23(26,27)28)20(35)33(21(36)32(22)11-14)15-7-17(24)30-18(25)8-15/h3-8,14H,9-12H2,1-2H3,(H,29,34)/t14-,22+/m0/s1. The van der Waals surface area contributed by atoms with Gasteiger partial charge in [-0.15, -0.1) is 13.2 Å². The Hall–Kier alpha value is -3.09. The summed E-state index contributed by atoms with van der Waals surface area (Å²) < 4.78 is 41.6. The summed E-state index contributed by atoms with van der Waals surface area (Å²) in [6.45, 7) is 0.175. The van der Waals surface area contributed by atoms with Crippen LogP contribution in [0.3, 0.4) is 0 Å². The smallest absolute Gasteiger partial charge is 0.406 e. The van der Waals surface area contributed by atoms with Gasteiger partial charge in [0.2, 0.25) is 5.91 Å². The van der Waals surface area contributed by atoms with E-state index in [2.05, 4.69) is 15.0 Å². The highest BCUT2D eigenvalue weighted by atomic mass is 35.5.